The van der Waals surface area contributed by atoms with E-state index in [1.54, 1.807) is 0 Å². The Bertz CT molecular complexity index is 307. The third-order valence-corrected chi connectivity index (χ3v) is 3.68. The van der Waals surface area contributed by atoms with Gasteiger partial charge in [0.1, 0.15) is 0 Å². The first-order chi connectivity index (χ1) is 9.79. The molecule has 4 nitrogen and oxygen atoms in total. The minimum atomic E-state index is -2.90. The lowest BCUT2D eigenvalue weighted by Gasteiger charge is -2.23. The molecule has 0 aromatic heterocycles. The van der Waals surface area contributed by atoms with E-state index in [2.05, 4.69) is 0 Å². The molecule has 1 aliphatic rings. The highest BCUT2D eigenvalue weighted by molar-refractivity contribution is 5.66. The number of hydrogen-bond donors (Lipinski definition) is 2. The van der Waals surface area contributed by atoms with E-state index in [9.17, 15) is 18.7 Å². The van der Waals surface area contributed by atoms with Crippen LogP contribution < -0.4 is 0 Å². The van der Waals surface area contributed by atoms with E-state index >= 15 is 0 Å². The molecule has 0 aromatic rings. The number of carboxylic acids is 1. The Balaban J connectivity index is 0.00000191. The molecule has 6 heteroatoms. The van der Waals surface area contributed by atoms with Gasteiger partial charge in [-0.1, -0.05) is 13.8 Å². The molecule has 0 atom stereocenters. The number of alkyl halides is 2. The fourth-order valence-electron chi connectivity index (χ4n) is 2.22. The molecular weight excluding hydrogens is 280 g/mol. The van der Waals surface area contributed by atoms with Crippen LogP contribution in [-0.2, 0) is 4.79 Å². The maximum Gasteiger partial charge on any atom is 0.303 e. The molecule has 0 radical (unpaired) electrons. The summed E-state index contributed by atoms with van der Waals surface area (Å²) in [7, 11) is 1.87. The van der Waals surface area contributed by atoms with Crippen molar-refractivity contribution in [3.8, 4) is 0 Å². The van der Waals surface area contributed by atoms with Gasteiger partial charge in [0.2, 0.25) is 5.92 Å². The maximum atomic E-state index is 13.3. The van der Waals surface area contributed by atoms with Crippen molar-refractivity contribution >= 4 is 5.97 Å². The van der Waals surface area contributed by atoms with Gasteiger partial charge < -0.3 is 15.1 Å². The van der Waals surface area contributed by atoms with E-state index < -0.39 is 24.7 Å². The van der Waals surface area contributed by atoms with E-state index in [-0.39, 0.29) is 18.4 Å². The molecule has 2 N–H and O–H groups in total. The van der Waals surface area contributed by atoms with Crippen LogP contribution >= 0.6 is 0 Å². The fourth-order valence-corrected chi connectivity index (χ4v) is 2.22. The topological polar surface area (TPSA) is 60.8 Å². The normalized spacial score (nSPS) is 16.3. The minimum absolute atomic E-state index is 0.000571. The number of hydrogen-bond acceptors (Lipinski definition) is 3. The van der Waals surface area contributed by atoms with Gasteiger partial charge in [0.15, 0.2) is 0 Å². The van der Waals surface area contributed by atoms with E-state index in [0.29, 0.717) is 13.0 Å². The summed E-state index contributed by atoms with van der Waals surface area (Å²) in [5.41, 5.74) is 0.000571. The van der Waals surface area contributed by atoms with Gasteiger partial charge in [-0.25, -0.2) is 8.78 Å². The lowest BCUT2D eigenvalue weighted by Crippen LogP contribution is -2.30. The van der Waals surface area contributed by atoms with Crippen LogP contribution in [0.3, 0.4) is 0 Å². The lowest BCUT2D eigenvalue weighted by molar-refractivity contribution is -0.139. The number of nitrogens with zero attached hydrogens (tertiary/aromatic N) is 1. The molecule has 1 aliphatic carbocycles. The Morgan fingerprint density at radius 3 is 2.29 bits per heavy atom. The van der Waals surface area contributed by atoms with Crippen LogP contribution in [0.4, 0.5) is 8.78 Å². The second-order valence-electron chi connectivity index (χ2n) is 5.75. The highest BCUT2D eigenvalue weighted by Crippen LogP contribution is 2.45. The smallest absolute Gasteiger partial charge is 0.303 e. The van der Waals surface area contributed by atoms with Gasteiger partial charge in [-0.05, 0) is 32.9 Å². The van der Waals surface area contributed by atoms with Crippen LogP contribution in [0.15, 0.2) is 0 Å². The third-order valence-electron chi connectivity index (χ3n) is 3.68. The van der Waals surface area contributed by atoms with Gasteiger partial charge in [-0.2, -0.15) is 0 Å². The average Bonchev–Trinajstić information content (AvgIpc) is 3.19. The summed E-state index contributed by atoms with van der Waals surface area (Å²) in [5, 5.41) is 17.6. The average molecular weight is 309 g/mol. The van der Waals surface area contributed by atoms with E-state index in [1.807, 2.05) is 25.8 Å². The van der Waals surface area contributed by atoms with Crippen LogP contribution in [0.1, 0.15) is 52.4 Å². The Kier molecular flexibility index (Phi) is 8.97. The standard InChI is InChI=1S/C13H23F2NO3.C2H6/c1-16(9-12(10-17)6-7-12)8-2-4-13(14,15)5-3-11(18)19;1-2/h17H,2-10H2,1H3,(H,18,19);1-2H3. The molecule has 21 heavy (non-hydrogen) atoms. The second-order valence-corrected chi connectivity index (χ2v) is 5.75. The molecule has 126 valence electrons. The van der Waals surface area contributed by atoms with Gasteiger partial charge >= 0.3 is 5.97 Å². The largest absolute Gasteiger partial charge is 0.481 e. The molecule has 1 saturated carbocycles. The first kappa shape index (κ1) is 20.2. The van der Waals surface area contributed by atoms with Gasteiger partial charge in [-0.3, -0.25) is 4.79 Å². The van der Waals surface area contributed by atoms with Crippen LogP contribution in [0.25, 0.3) is 0 Å². The summed E-state index contributed by atoms with van der Waals surface area (Å²) >= 11 is 0. The maximum absolute atomic E-state index is 13.3. The van der Waals surface area contributed by atoms with Crippen LogP contribution in [-0.4, -0.2) is 53.7 Å². The summed E-state index contributed by atoms with van der Waals surface area (Å²) in [6.45, 7) is 5.45. The Hall–Kier alpha value is -0.750. The number of aliphatic carboxylic acids is 1. The minimum Gasteiger partial charge on any atom is -0.481 e. The Morgan fingerprint density at radius 1 is 1.29 bits per heavy atom. The van der Waals surface area contributed by atoms with Crippen LogP contribution in [0.2, 0.25) is 0 Å². The molecule has 0 aliphatic heterocycles. The number of aliphatic hydroxyl groups is 1. The molecule has 1 rings (SSSR count). The monoisotopic (exact) mass is 309 g/mol. The van der Waals surface area contributed by atoms with Gasteiger partial charge in [0.25, 0.3) is 0 Å². The molecule has 0 amide bonds. The SMILES string of the molecule is CC.CN(CCCC(F)(F)CCC(=O)O)CC1(CO)CC1. The van der Waals surface area contributed by atoms with Crippen molar-refractivity contribution in [2.45, 2.75) is 58.3 Å². The zero-order chi connectivity index (χ0) is 16.5. The van der Waals surface area contributed by atoms with Crippen molar-refractivity contribution < 1.29 is 23.8 Å². The predicted molar refractivity (Wildman–Crippen MR) is 78.6 cm³/mol. The van der Waals surface area contributed by atoms with Crippen molar-refractivity contribution in [1.82, 2.24) is 4.90 Å². The van der Waals surface area contributed by atoms with Crippen molar-refractivity contribution in [3.05, 3.63) is 0 Å². The lowest BCUT2D eigenvalue weighted by atomic mass is 10.1. The number of carbonyl (C=O) groups is 1. The van der Waals surface area contributed by atoms with Crippen LogP contribution in [0, 0.1) is 5.41 Å². The van der Waals surface area contributed by atoms with Crippen LogP contribution in [0.5, 0.6) is 0 Å². The number of aliphatic hydroxyl groups excluding tert-OH is 1. The summed E-state index contributed by atoms with van der Waals surface area (Å²) in [4.78, 5) is 12.2. The van der Waals surface area contributed by atoms with Crippen molar-refractivity contribution in [1.29, 1.82) is 0 Å². The number of halogens is 2. The molecule has 0 saturated heterocycles. The number of rotatable bonds is 10. The van der Waals surface area contributed by atoms with Gasteiger partial charge in [0, 0.05) is 31.4 Å². The van der Waals surface area contributed by atoms with E-state index in [1.165, 1.54) is 0 Å². The van der Waals surface area contributed by atoms with Gasteiger partial charge in [-0.15, -0.1) is 0 Å². The highest BCUT2D eigenvalue weighted by atomic mass is 19.3. The highest BCUT2D eigenvalue weighted by Gasteiger charge is 2.42. The zero-order valence-electron chi connectivity index (χ0n) is 13.4. The molecule has 0 aromatic carbocycles. The molecule has 0 bridgehead atoms. The van der Waals surface area contributed by atoms with Crippen molar-refractivity contribution in [2.75, 3.05) is 26.7 Å². The summed E-state index contributed by atoms with van der Waals surface area (Å²) < 4.78 is 26.7. The Morgan fingerprint density at radius 2 is 1.86 bits per heavy atom. The summed E-state index contributed by atoms with van der Waals surface area (Å²) in [6.07, 6.45) is 0.982. The number of carboxylic acid groups (broad SMARTS) is 1. The molecular formula is C15H29F2NO3. The van der Waals surface area contributed by atoms with Crippen molar-refractivity contribution in [3.63, 3.8) is 0 Å². The zero-order valence-corrected chi connectivity index (χ0v) is 13.4. The molecule has 0 unspecified atom stereocenters. The first-order valence-electron chi connectivity index (χ1n) is 7.68. The van der Waals surface area contributed by atoms with Gasteiger partial charge in [0.05, 0.1) is 6.42 Å². The Labute approximate surface area is 126 Å². The fraction of sp³-hybridized carbons (Fsp3) is 0.933. The summed E-state index contributed by atoms with van der Waals surface area (Å²) in [6, 6.07) is 0. The second kappa shape index (κ2) is 9.30. The molecule has 0 spiro atoms. The first-order valence-corrected chi connectivity index (χ1v) is 7.68. The van der Waals surface area contributed by atoms with E-state index in [4.69, 9.17) is 5.11 Å². The summed E-state index contributed by atoms with van der Waals surface area (Å²) in [5.74, 6) is -4.08. The molecule has 1 fully saturated rings. The quantitative estimate of drug-likeness (QED) is 0.651. The van der Waals surface area contributed by atoms with Crippen molar-refractivity contribution in [2.24, 2.45) is 5.41 Å². The predicted octanol–water partition coefficient (Wildman–Crippen LogP) is 3.00. The van der Waals surface area contributed by atoms with E-state index in [0.717, 1.165) is 19.4 Å². The third kappa shape index (κ3) is 8.98. The molecule has 0 heterocycles.